The SMILES string of the molecule is CC1(C)CC(=O)C2=C(C1)Nc1ccccc1N(CC(=O)NCc1ccc(Cl)cc1)[C@H]2c1ccccc1. The molecule has 0 unspecified atom stereocenters. The van der Waals surface area contributed by atoms with Crippen LogP contribution in [0.25, 0.3) is 0 Å². The van der Waals surface area contributed by atoms with Gasteiger partial charge in [-0.2, -0.15) is 0 Å². The van der Waals surface area contributed by atoms with Gasteiger partial charge in [0.05, 0.1) is 24.0 Å². The molecule has 6 heteroatoms. The third-order valence-corrected chi connectivity index (χ3v) is 7.09. The number of para-hydroxylation sites is 2. The molecular formula is C30H30ClN3O2. The number of halogens is 1. The van der Waals surface area contributed by atoms with Crippen LogP contribution in [-0.4, -0.2) is 18.2 Å². The topological polar surface area (TPSA) is 61.4 Å². The lowest BCUT2D eigenvalue weighted by Gasteiger charge is -2.37. The van der Waals surface area contributed by atoms with Crippen molar-refractivity contribution in [3.8, 4) is 0 Å². The number of benzene rings is 3. The van der Waals surface area contributed by atoms with Crippen molar-refractivity contribution < 1.29 is 9.59 Å². The van der Waals surface area contributed by atoms with E-state index in [2.05, 4.69) is 29.4 Å². The first kappa shape index (κ1) is 24.1. The lowest BCUT2D eigenvalue weighted by Crippen LogP contribution is -2.41. The molecule has 0 aromatic heterocycles. The summed E-state index contributed by atoms with van der Waals surface area (Å²) in [5, 5.41) is 7.29. The maximum Gasteiger partial charge on any atom is 0.239 e. The molecule has 1 aliphatic carbocycles. The highest BCUT2D eigenvalue weighted by Gasteiger charge is 2.41. The second-order valence-electron chi connectivity index (χ2n) is 10.3. The van der Waals surface area contributed by atoms with Crippen molar-refractivity contribution in [2.24, 2.45) is 5.41 Å². The molecule has 3 aromatic rings. The largest absolute Gasteiger partial charge is 0.357 e. The van der Waals surface area contributed by atoms with Crippen LogP contribution in [0.1, 0.15) is 43.9 Å². The summed E-state index contributed by atoms with van der Waals surface area (Å²) in [6.45, 7) is 4.78. The number of hydrogen-bond donors (Lipinski definition) is 2. The number of nitrogens with zero attached hydrogens (tertiary/aromatic N) is 1. The number of amides is 1. The van der Waals surface area contributed by atoms with Crippen molar-refractivity contribution in [1.82, 2.24) is 5.32 Å². The summed E-state index contributed by atoms with van der Waals surface area (Å²) in [5.41, 5.74) is 5.32. The summed E-state index contributed by atoms with van der Waals surface area (Å²) in [7, 11) is 0. The minimum atomic E-state index is -0.373. The number of Topliss-reactive ketones (excluding diaryl/α,β-unsaturated/α-hetero) is 1. The summed E-state index contributed by atoms with van der Waals surface area (Å²) >= 11 is 5.99. The second-order valence-corrected chi connectivity index (χ2v) is 10.8. The number of nitrogens with one attached hydrogen (secondary N) is 2. The van der Waals surface area contributed by atoms with E-state index < -0.39 is 0 Å². The van der Waals surface area contributed by atoms with Gasteiger partial charge in [0, 0.05) is 29.3 Å². The third-order valence-electron chi connectivity index (χ3n) is 6.84. The highest BCUT2D eigenvalue weighted by atomic mass is 35.5. The smallest absolute Gasteiger partial charge is 0.239 e. The van der Waals surface area contributed by atoms with Crippen LogP contribution in [-0.2, 0) is 16.1 Å². The van der Waals surface area contributed by atoms with E-state index >= 15 is 0 Å². The van der Waals surface area contributed by atoms with E-state index in [-0.39, 0.29) is 29.7 Å². The molecule has 36 heavy (non-hydrogen) atoms. The van der Waals surface area contributed by atoms with Gasteiger partial charge in [0.15, 0.2) is 5.78 Å². The second kappa shape index (κ2) is 9.82. The van der Waals surface area contributed by atoms with Gasteiger partial charge in [-0.1, -0.05) is 80.0 Å². The van der Waals surface area contributed by atoms with Crippen molar-refractivity contribution in [2.75, 3.05) is 16.8 Å². The Kier molecular flexibility index (Phi) is 6.59. The predicted molar refractivity (Wildman–Crippen MR) is 145 cm³/mol. The lowest BCUT2D eigenvalue weighted by atomic mass is 9.73. The number of hydrogen-bond acceptors (Lipinski definition) is 4. The molecule has 5 nitrogen and oxygen atoms in total. The zero-order valence-corrected chi connectivity index (χ0v) is 21.3. The number of rotatable bonds is 5. The van der Waals surface area contributed by atoms with Crippen LogP contribution in [0.3, 0.4) is 0 Å². The Balaban J connectivity index is 1.54. The Labute approximate surface area is 217 Å². The fourth-order valence-electron chi connectivity index (χ4n) is 5.22. The fraction of sp³-hybridized carbons (Fsp3) is 0.267. The van der Waals surface area contributed by atoms with Gasteiger partial charge in [0.1, 0.15) is 0 Å². The van der Waals surface area contributed by atoms with Crippen LogP contribution in [0.15, 0.2) is 90.1 Å². The lowest BCUT2D eigenvalue weighted by molar-refractivity contribution is -0.120. The molecule has 2 aliphatic rings. The normalized spacial score (nSPS) is 18.6. The van der Waals surface area contributed by atoms with Crippen molar-refractivity contribution in [2.45, 2.75) is 39.3 Å². The average Bonchev–Trinajstić information content (AvgIpc) is 2.98. The van der Waals surface area contributed by atoms with E-state index in [1.54, 1.807) is 0 Å². The van der Waals surface area contributed by atoms with Gasteiger partial charge in [-0.3, -0.25) is 9.59 Å². The fourth-order valence-corrected chi connectivity index (χ4v) is 5.35. The Hall–Kier alpha value is -3.57. The minimum Gasteiger partial charge on any atom is -0.357 e. The van der Waals surface area contributed by atoms with Gasteiger partial charge in [-0.05, 0) is 47.2 Å². The van der Waals surface area contributed by atoms with E-state index in [1.807, 2.05) is 78.9 Å². The van der Waals surface area contributed by atoms with Crippen LogP contribution in [0.4, 0.5) is 11.4 Å². The molecule has 2 N–H and O–H groups in total. The maximum absolute atomic E-state index is 13.7. The highest BCUT2D eigenvalue weighted by molar-refractivity contribution is 6.30. The Morgan fingerprint density at radius 2 is 1.69 bits per heavy atom. The standard InChI is InChI=1S/C30H30ClN3O2/c1-30(2)16-24-28(26(35)17-30)29(21-8-4-3-5-9-21)34(25-11-7-6-10-23(25)33-24)19-27(36)32-18-20-12-14-22(31)15-13-20/h3-15,29,33H,16-19H2,1-2H3,(H,32,36)/t29-/m0/s1. The Morgan fingerprint density at radius 3 is 2.44 bits per heavy atom. The molecule has 1 aliphatic heterocycles. The van der Waals surface area contributed by atoms with Crippen LogP contribution >= 0.6 is 11.6 Å². The van der Waals surface area contributed by atoms with E-state index in [0.717, 1.165) is 40.2 Å². The Morgan fingerprint density at radius 1 is 1.00 bits per heavy atom. The van der Waals surface area contributed by atoms with Crippen LogP contribution < -0.4 is 15.5 Å². The zero-order valence-electron chi connectivity index (χ0n) is 20.6. The minimum absolute atomic E-state index is 0.110. The molecule has 184 valence electrons. The van der Waals surface area contributed by atoms with Gasteiger partial charge in [-0.25, -0.2) is 0 Å². The Bertz CT molecular complexity index is 1320. The summed E-state index contributed by atoms with van der Waals surface area (Å²) in [4.78, 5) is 29.0. The monoisotopic (exact) mass is 499 g/mol. The van der Waals surface area contributed by atoms with Crippen molar-refractivity contribution in [3.63, 3.8) is 0 Å². The number of anilines is 2. The first-order chi connectivity index (χ1) is 17.3. The van der Waals surface area contributed by atoms with E-state index in [9.17, 15) is 9.59 Å². The molecule has 1 atom stereocenters. The van der Waals surface area contributed by atoms with Gasteiger partial charge in [0.2, 0.25) is 5.91 Å². The highest BCUT2D eigenvalue weighted by Crippen LogP contribution is 2.48. The number of carbonyl (C=O) groups excluding carboxylic acids is 2. The van der Waals surface area contributed by atoms with E-state index in [4.69, 9.17) is 11.6 Å². The molecule has 0 radical (unpaired) electrons. The van der Waals surface area contributed by atoms with Crippen molar-refractivity contribution in [1.29, 1.82) is 0 Å². The molecule has 0 fully saturated rings. The van der Waals surface area contributed by atoms with Gasteiger partial charge in [0.25, 0.3) is 0 Å². The summed E-state index contributed by atoms with van der Waals surface area (Å²) < 4.78 is 0. The van der Waals surface area contributed by atoms with Gasteiger partial charge < -0.3 is 15.5 Å². The predicted octanol–water partition coefficient (Wildman–Crippen LogP) is 6.27. The maximum atomic E-state index is 13.7. The van der Waals surface area contributed by atoms with Crippen molar-refractivity contribution >= 4 is 34.7 Å². The molecule has 1 amide bonds. The molecule has 0 spiro atoms. The molecule has 0 saturated carbocycles. The van der Waals surface area contributed by atoms with Gasteiger partial charge >= 0.3 is 0 Å². The van der Waals surface area contributed by atoms with Crippen molar-refractivity contribution in [3.05, 3.63) is 106 Å². The molecule has 0 bridgehead atoms. The molecule has 1 heterocycles. The van der Waals surface area contributed by atoms with Crippen LogP contribution in [0.5, 0.6) is 0 Å². The number of carbonyl (C=O) groups is 2. The number of ketones is 1. The average molecular weight is 500 g/mol. The molecule has 0 saturated heterocycles. The number of allylic oxidation sites excluding steroid dienone is 1. The van der Waals surface area contributed by atoms with Gasteiger partial charge in [-0.15, -0.1) is 0 Å². The quantitative estimate of drug-likeness (QED) is 0.434. The van der Waals surface area contributed by atoms with Crippen LogP contribution in [0, 0.1) is 5.41 Å². The molecule has 3 aromatic carbocycles. The van der Waals surface area contributed by atoms with E-state index in [1.165, 1.54) is 0 Å². The summed E-state index contributed by atoms with van der Waals surface area (Å²) in [6, 6.07) is 25.0. The molecular weight excluding hydrogens is 470 g/mol. The zero-order chi connectivity index (χ0) is 25.3. The van der Waals surface area contributed by atoms with E-state index in [0.29, 0.717) is 18.0 Å². The first-order valence-electron chi connectivity index (χ1n) is 12.3. The first-order valence-corrected chi connectivity index (χ1v) is 12.6. The third kappa shape index (κ3) is 5.02. The van der Waals surface area contributed by atoms with Crippen LogP contribution in [0.2, 0.25) is 5.02 Å². The molecule has 5 rings (SSSR count). The summed E-state index contributed by atoms with van der Waals surface area (Å²) in [6.07, 6.45) is 1.24. The summed E-state index contributed by atoms with van der Waals surface area (Å²) in [5.74, 6) is 0.00954. The number of fused-ring (bicyclic) bond motifs is 1.